The molecule has 0 spiro atoms. The number of phenolic OH excluding ortho intramolecular Hbond substituents is 1. The fourth-order valence-electron chi connectivity index (χ4n) is 1.71. The highest BCUT2D eigenvalue weighted by Crippen LogP contribution is 2.31. The number of benzene rings is 2. The molecule has 0 aliphatic carbocycles. The summed E-state index contributed by atoms with van der Waals surface area (Å²) in [6, 6.07) is 4.12. The van der Waals surface area contributed by atoms with Gasteiger partial charge in [-0.3, -0.25) is 4.72 Å². The first-order chi connectivity index (χ1) is 10.7. The van der Waals surface area contributed by atoms with Crippen LogP contribution < -0.4 is 9.46 Å². The number of hydrogen-bond donors (Lipinski definition) is 2. The summed E-state index contributed by atoms with van der Waals surface area (Å²) in [5, 5.41) is 9.59. The molecule has 2 rings (SSSR count). The SMILES string of the molecule is COc1ccc(NS(=O)(=O)c2cc(Br)c(F)c(F)c2F)cc1O. The predicted molar refractivity (Wildman–Crippen MR) is 79.5 cm³/mol. The highest BCUT2D eigenvalue weighted by atomic mass is 79.9. The van der Waals surface area contributed by atoms with E-state index in [-0.39, 0.29) is 17.2 Å². The lowest BCUT2D eigenvalue weighted by atomic mass is 10.3. The van der Waals surface area contributed by atoms with E-state index in [1.807, 2.05) is 4.72 Å². The molecule has 5 nitrogen and oxygen atoms in total. The van der Waals surface area contributed by atoms with Crippen molar-refractivity contribution in [3.63, 3.8) is 0 Å². The van der Waals surface area contributed by atoms with E-state index in [0.29, 0.717) is 6.07 Å². The molecule has 2 aromatic rings. The lowest BCUT2D eigenvalue weighted by Gasteiger charge is -2.11. The van der Waals surface area contributed by atoms with Gasteiger partial charge in [-0.15, -0.1) is 0 Å². The van der Waals surface area contributed by atoms with Crippen molar-refractivity contribution in [2.75, 3.05) is 11.8 Å². The maximum absolute atomic E-state index is 13.7. The molecule has 0 unspecified atom stereocenters. The van der Waals surface area contributed by atoms with Crippen molar-refractivity contribution >= 4 is 31.6 Å². The number of hydrogen-bond acceptors (Lipinski definition) is 4. The summed E-state index contributed by atoms with van der Waals surface area (Å²) in [5.41, 5.74) is -0.122. The Morgan fingerprint density at radius 3 is 2.35 bits per heavy atom. The molecule has 0 bridgehead atoms. The van der Waals surface area contributed by atoms with Crippen molar-refractivity contribution in [1.82, 2.24) is 0 Å². The molecule has 23 heavy (non-hydrogen) atoms. The van der Waals surface area contributed by atoms with Crippen LogP contribution in [-0.2, 0) is 10.0 Å². The fraction of sp³-hybridized carbons (Fsp3) is 0.0769. The third-order valence-electron chi connectivity index (χ3n) is 2.79. The molecule has 0 saturated carbocycles. The zero-order valence-electron chi connectivity index (χ0n) is 11.4. The lowest BCUT2D eigenvalue weighted by molar-refractivity contribution is 0.373. The molecule has 0 aliphatic heterocycles. The molecule has 0 fully saturated rings. The molecule has 0 atom stereocenters. The van der Waals surface area contributed by atoms with Gasteiger partial charge in [0.1, 0.15) is 4.90 Å². The Morgan fingerprint density at radius 1 is 1.13 bits per heavy atom. The number of aromatic hydroxyl groups is 1. The zero-order valence-corrected chi connectivity index (χ0v) is 13.8. The monoisotopic (exact) mass is 411 g/mol. The van der Waals surface area contributed by atoms with Gasteiger partial charge < -0.3 is 9.84 Å². The lowest BCUT2D eigenvalue weighted by Crippen LogP contribution is -2.16. The number of nitrogens with one attached hydrogen (secondary N) is 1. The Kier molecular flexibility index (Phi) is 4.76. The molecular weight excluding hydrogens is 403 g/mol. The third-order valence-corrected chi connectivity index (χ3v) is 4.75. The smallest absolute Gasteiger partial charge is 0.264 e. The summed E-state index contributed by atoms with van der Waals surface area (Å²) in [6.07, 6.45) is 0. The molecule has 0 heterocycles. The van der Waals surface area contributed by atoms with Crippen LogP contribution in [0.25, 0.3) is 0 Å². The molecular formula is C13H9BrF3NO4S. The van der Waals surface area contributed by atoms with Crippen LogP contribution in [0, 0.1) is 17.5 Å². The molecule has 2 aromatic carbocycles. The minimum atomic E-state index is -4.56. The van der Waals surface area contributed by atoms with E-state index in [0.717, 1.165) is 6.07 Å². The minimum Gasteiger partial charge on any atom is -0.504 e. The number of phenols is 1. The largest absolute Gasteiger partial charge is 0.504 e. The van der Waals surface area contributed by atoms with Gasteiger partial charge in [-0.05, 0) is 34.1 Å². The fourth-order valence-corrected chi connectivity index (χ4v) is 3.41. The van der Waals surface area contributed by atoms with Crippen LogP contribution in [0.4, 0.5) is 18.9 Å². The first-order valence-corrected chi connectivity index (χ1v) is 8.18. The van der Waals surface area contributed by atoms with Gasteiger partial charge >= 0.3 is 0 Å². The standard InChI is InChI=1S/C13H9BrF3NO4S/c1-22-9-3-2-6(4-8(9)19)18-23(20,21)10-5-7(14)11(15)13(17)12(10)16/h2-5,18-19H,1H3. The first-order valence-electron chi connectivity index (χ1n) is 5.90. The molecule has 10 heteroatoms. The van der Waals surface area contributed by atoms with Crippen LogP contribution >= 0.6 is 15.9 Å². The van der Waals surface area contributed by atoms with Gasteiger partial charge in [-0.25, -0.2) is 21.6 Å². The number of methoxy groups -OCH3 is 1. The van der Waals surface area contributed by atoms with Gasteiger partial charge in [-0.1, -0.05) is 0 Å². The van der Waals surface area contributed by atoms with E-state index in [1.165, 1.54) is 19.2 Å². The maximum Gasteiger partial charge on any atom is 0.264 e. The number of anilines is 1. The summed E-state index contributed by atoms with van der Waals surface area (Å²) < 4.78 is 70.7. The molecule has 0 saturated heterocycles. The van der Waals surface area contributed by atoms with Crippen molar-refractivity contribution in [3.8, 4) is 11.5 Å². The highest BCUT2D eigenvalue weighted by molar-refractivity contribution is 9.10. The number of ether oxygens (including phenoxy) is 1. The summed E-state index contributed by atoms with van der Waals surface area (Å²) in [4.78, 5) is -1.08. The molecule has 124 valence electrons. The van der Waals surface area contributed by atoms with Crippen molar-refractivity contribution in [3.05, 3.63) is 46.2 Å². The van der Waals surface area contributed by atoms with Crippen molar-refractivity contribution in [2.45, 2.75) is 4.90 Å². The number of halogens is 4. The van der Waals surface area contributed by atoms with Gasteiger partial charge in [-0.2, -0.15) is 0 Å². The maximum atomic E-state index is 13.7. The molecule has 0 radical (unpaired) electrons. The Hall–Kier alpha value is -1.94. The highest BCUT2D eigenvalue weighted by Gasteiger charge is 2.26. The first kappa shape index (κ1) is 17.4. The van der Waals surface area contributed by atoms with E-state index in [9.17, 15) is 26.7 Å². The average molecular weight is 412 g/mol. The van der Waals surface area contributed by atoms with Crippen molar-refractivity contribution < 1.29 is 31.4 Å². The average Bonchev–Trinajstić information content (AvgIpc) is 2.48. The minimum absolute atomic E-state index is 0.0923. The normalized spacial score (nSPS) is 11.3. The zero-order chi connectivity index (χ0) is 17.4. The molecule has 2 N–H and O–H groups in total. The van der Waals surface area contributed by atoms with Crippen LogP contribution in [0.3, 0.4) is 0 Å². The predicted octanol–water partition coefficient (Wildman–Crippen LogP) is 3.38. The van der Waals surface area contributed by atoms with E-state index in [4.69, 9.17) is 4.74 Å². The third kappa shape index (κ3) is 3.37. The quantitative estimate of drug-likeness (QED) is 0.597. The summed E-state index contributed by atoms with van der Waals surface area (Å²) in [5.74, 6) is -5.58. The Balaban J connectivity index is 2.46. The van der Waals surface area contributed by atoms with Gasteiger partial charge in [0.15, 0.2) is 29.0 Å². The molecule has 0 amide bonds. The van der Waals surface area contributed by atoms with Crippen LogP contribution in [0.15, 0.2) is 33.6 Å². The molecule has 0 aromatic heterocycles. The van der Waals surface area contributed by atoms with Crippen LogP contribution in [0.2, 0.25) is 0 Å². The van der Waals surface area contributed by atoms with Crippen molar-refractivity contribution in [2.24, 2.45) is 0 Å². The Bertz CT molecular complexity index is 874. The van der Waals surface area contributed by atoms with E-state index < -0.39 is 36.8 Å². The van der Waals surface area contributed by atoms with Gasteiger partial charge in [0.2, 0.25) is 0 Å². The van der Waals surface area contributed by atoms with Crippen molar-refractivity contribution in [1.29, 1.82) is 0 Å². The van der Waals surface area contributed by atoms with Crippen LogP contribution in [0.1, 0.15) is 0 Å². The summed E-state index contributed by atoms with van der Waals surface area (Å²) in [6.45, 7) is 0. The van der Waals surface area contributed by atoms with Gasteiger partial charge in [0, 0.05) is 6.07 Å². The number of sulfonamides is 1. The summed E-state index contributed by atoms with van der Waals surface area (Å²) >= 11 is 2.61. The van der Waals surface area contributed by atoms with E-state index in [2.05, 4.69) is 15.9 Å². The Labute approximate surface area is 137 Å². The second-order valence-electron chi connectivity index (χ2n) is 4.29. The van der Waals surface area contributed by atoms with Crippen LogP contribution in [0.5, 0.6) is 11.5 Å². The number of rotatable bonds is 4. The van der Waals surface area contributed by atoms with E-state index in [1.54, 1.807) is 0 Å². The Morgan fingerprint density at radius 2 is 1.78 bits per heavy atom. The van der Waals surface area contributed by atoms with Gasteiger partial charge in [0.25, 0.3) is 10.0 Å². The van der Waals surface area contributed by atoms with Gasteiger partial charge in [0.05, 0.1) is 17.3 Å². The summed E-state index contributed by atoms with van der Waals surface area (Å²) in [7, 11) is -3.26. The topological polar surface area (TPSA) is 75.6 Å². The molecule has 0 aliphatic rings. The van der Waals surface area contributed by atoms with E-state index >= 15 is 0 Å². The second kappa shape index (κ2) is 6.28. The van der Waals surface area contributed by atoms with Crippen LogP contribution in [-0.4, -0.2) is 20.6 Å². The second-order valence-corrected chi connectivity index (χ2v) is 6.80.